The molecule has 0 saturated heterocycles. The lowest BCUT2D eigenvalue weighted by molar-refractivity contribution is 0.416. The molecular weight excluding hydrogens is 274 g/mol. The molecule has 0 spiro atoms. The number of nitriles is 2. The Balaban J connectivity index is 2.51. The van der Waals surface area contributed by atoms with Gasteiger partial charge < -0.3 is 10.1 Å². The number of nitrogens with zero attached hydrogens (tertiary/aromatic N) is 2. The molecule has 0 aliphatic carbocycles. The Morgan fingerprint density at radius 3 is 2.50 bits per heavy atom. The van der Waals surface area contributed by atoms with Gasteiger partial charge in [0, 0.05) is 5.02 Å². The fourth-order valence-electron chi connectivity index (χ4n) is 1.78. The van der Waals surface area contributed by atoms with Crippen molar-refractivity contribution in [3.05, 3.63) is 52.5 Å². The highest BCUT2D eigenvalue weighted by Crippen LogP contribution is 2.32. The number of ether oxygens (including phenoxy) is 1. The molecule has 0 atom stereocenters. The minimum absolute atomic E-state index is 0.396. The number of hydrogen-bond acceptors (Lipinski definition) is 4. The molecule has 0 fully saturated rings. The quantitative estimate of drug-likeness (QED) is 0.929. The fourth-order valence-corrected chi connectivity index (χ4v) is 1.95. The van der Waals surface area contributed by atoms with E-state index in [1.165, 1.54) is 7.11 Å². The van der Waals surface area contributed by atoms with Crippen LogP contribution in [0.2, 0.25) is 5.02 Å². The van der Waals surface area contributed by atoms with Crippen LogP contribution in [0.4, 0.5) is 11.4 Å². The zero-order valence-electron chi connectivity index (χ0n) is 10.6. The molecule has 0 amide bonds. The van der Waals surface area contributed by atoms with Crippen molar-refractivity contribution in [2.75, 3.05) is 12.4 Å². The first kappa shape index (κ1) is 13.7. The number of benzene rings is 2. The molecule has 4 nitrogen and oxygen atoms in total. The maximum absolute atomic E-state index is 9.16. The topological polar surface area (TPSA) is 68.8 Å². The van der Waals surface area contributed by atoms with E-state index in [0.717, 1.165) is 0 Å². The van der Waals surface area contributed by atoms with Gasteiger partial charge in [-0.15, -0.1) is 0 Å². The molecule has 2 aromatic rings. The molecule has 0 unspecified atom stereocenters. The molecular formula is C15H10ClN3O. The summed E-state index contributed by atoms with van der Waals surface area (Å²) in [4.78, 5) is 0. The smallest absolute Gasteiger partial charge is 0.143 e. The number of methoxy groups -OCH3 is 1. The third kappa shape index (κ3) is 2.66. The molecule has 0 heterocycles. The van der Waals surface area contributed by atoms with Crippen LogP contribution in [0.1, 0.15) is 11.1 Å². The van der Waals surface area contributed by atoms with E-state index in [-0.39, 0.29) is 0 Å². The monoisotopic (exact) mass is 283 g/mol. The first-order valence-electron chi connectivity index (χ1n) is 5.73. The molecule has 2 aromatic carbocycles. The maximum atomic E-state index is 9.16. The van der Waals surface area contributed by atoms with Gasteiger partial charge in [0.05, 0.1) is 29.6 Å². The zero-order chi connectivity index (χ0) is 14.5. The van der Waals surface area contributed by atoms with E-state index < -0.39 is 0 Å². The van der Waals surface area contributed by atoms with Crippen molar-refractivity contribution in [2.45, 2.75) is 0 Å². The molecule has 0 radical (unpaired) electrons. The second kappa shape index (κ2) is 5.97. The van der Waals surface area contributed by atoms with E-state index in [9.17, 15) is 0 Å². The van der Waals surface area contributed by atoms with Crippen LogP contribution in [0.3, 0.4) is 0 Å². The van der Waals surface area contributed by atoms with E-state index in [1.54, 1.807) is 36.4 Å². The van der Waals surface area contributed by atoms with Crippen LogP contribution in [0.25, 0.3) is 0 Å². The van der Waals surface area contributed by atoms with E-state index in [2.05, 4.69) is 17.5 Å². The second-order valence-corrected chi connectivity index (χ2v) is 4.36. The molecule has 5 heteroatoms. The predicted octanol–water partition coefficient (Wildman–Crippen LogP) is 3.84. The second-order valence-electron chi connectivity index (χ2n) is 3.92. The van der Waals surface area contributed by atoms with E-state index in [1.807, 2.05) is 0 Å². The van der Waals surface area contributed by atoms with Crippen LogP contribution < -0.4 is 10.1 Å². The average molecular weight is 284 g/mol. The highest BCUT2D eigenvalue weighted by Gasteiger charge is 2.11. The van der Waals surface area contributed by atoms with Crippen molar-refractivity contribution in [1.82, 2.24) is 0 Å². The van der Waals surface area contributed by atoms with E-state index in [4.69, 9.17) is 26.9 Å². The Hall–Kier alpha value is -2.69. The summed E-state index contributed by atoms with van der Waals surface area (Å²) in [5, 5.41) is 21.8. The van der Waals surface area contributed by atoms with Gasteiger partial charge in [-0.3, -0.25) is 0 Å². The standard InChI is InChI=1S/C15H10ClN3O/c1-20-14-4-2-3-10(8-17)15(14)19-13-6-5-12(16)7-11(13)9-18/h2-7,19H,1H3. The number of halogens is 1. The summed E-state index contributed by atoms with van der Waals surface area (Å²) in [5.41, 5.74) is 1.92. The fraction of sp³-hybridized carbons (Fsp3) is 0.0667. The lowest BCUT2D eigenvalue weighted by Gasteiger charge is -2.13. The first-order chi connectivity index (χ1) is 9.69. The summed E-state index contributed by atoms with van der Waals surface area (Å²) in [6.45, 7) is 0. The largest absolute Gasteiger partial charge is 0.495 e. The van der Waals surface area contributed by atoms with Crippen LogP contribution in [0.5, 0.6) is 5.75 Å². The van der Waals surface area contributed by atoms with Crippen molar-refractivity contribution in [3.63, 3.8) is 0 Å². The Morgan fingerprint density at radius 2 is 1.85 bits per heavy atom. The van der Waals surface area contributed by atoms with Gasteiger partial charge in [-0.05, 0) is 30.3 Å². The third-order valence-corrected chi connectivity index (χ3v) is 2.96. The van der Waals surface area contributed by atoms with Crippen molar-refractivity contribution in [1.29, 1.82) is 10.5 Å². The summed E-state index contributed by atoms with van der Waals surface area (Å²) in [7, 11) is 1.52. The van der Waals surface area contributed by atoms with Gasteiger partial charge in [-0.2, -0.15) is 10.5 Å². The maximum Gasteiger partial charge on any atom is 0.143 e. The predicted molar refractivity (Wildman–Crippen MR) is 77.2 cm³/mol. The minimum Gasteiger partial charge on any atom is -0.495 e. The van der Waals surface area contributed by atoms with Gasteiger partial charge in [0.15, 0.2) is 0 Å². The van der Waals surface area contributed by atoms with Crippen LogP contribution in [-0.2, 0) is 0 Å². The van der Waals surface area contributed by atoms with Gasteiger partial charge in [0.1, 0.15) is 17.9 Å². The first-order valence-corrected chi connectivity index (χ1v) is 6.11. The Morgan fingerprint density at radius 1 is 1.10 bits per heavy atom. The Kier molecular flexibility index (Phi) is 4.10. The zero-order valence-corrected chi connectivity index (χ0v) is 11.4. The normalized spacial score (nSPS) is 9.40. The molecule has 0 bridgehead atoms. The van der Waals surface area contributed by atoms with E-state index >= 15 is 0 Å². The SMILES string of the molecule is COc1cccc(C#N)c1Nc1ccc(Cl)cc1C#N. The van der Waals surface area contributed by atoms with Crippen LogP contribution in [0.15, 0.2) is 36.4 Å². The van der Waals surface area contributed by atoms with Crippen molar-refractivity contribution < 1.29 is 4.74 Å². The summed E-state index contributed by atoms with van der Waals surface area (Å²) in [6, 6.07) is 14.2. The lowest BCUT2D eigenvalue weighted by Crippen LogP contribution is -1.99. The Labute approximate surface area is 121 Å². The number of anilines is 2. The third-order valence-electron chi connectivity index (χ3n) is 2.73. The molecule has 0 aliphatic rings. The van der Waals surface area contributed by atoms with Crippen molar-refractivity contribution in [3.8, 4) is 17.9 Å². The summed E-state index contributed by atoms with van der Waals surface area (Å²) >= 11 is 5.86. The van der Waals surface area contributed by atoms with Gasteiger partial charge in [-0.1, -0.05) is 17.7 Å². The molecule has 20 heavy (non-hydrogen) atoms. The van der Waals surface area contributed by atoms with Gasteiger partial charge >= 0.3 is 0 Å². The highest BCUT2D eigenvalue weighted by molar-refractivity contribution is 6.30. The highest BCUT2D eigenvalue weighted by atomic mass is 35.5. The molecule has 2 rings (SSSR count). The number of hydrogen-bond donors (Lipinski definition) is 1. The number of nitrogens with one attached hydrogen (secondary N) is 1. The molecule has 1 N–H and O–H groups in total. The summed E-state index contributed by atoms with van der Waals surface area (Å²) in [6.07, 6.45) is 0. The number of rotatable bonds is 3. The van der Waals surface area contributed by atoms with Gasteiger partial charge in [0.2, 0.25) is 0 Å². The summed E-state index contributed by atoms with van der Waals surface area (Å²) in [5.74, 6) is 0.530. The van der Waals surface area contributed by atoms with Crippen molar-refractivity contribution in [2.24, 2.45) is 0 Å². The minimum atomic E-state index is 0.396. The molecule has 98 valence electrons. The molecule has 0 aliphatic heterocycles. The average Bonchev–Trinajstić information content (AvgIpc) is 2.49. The van der Waals surface area contributed by atoms with Crippen LogP contribution in [0, 0.1) is 22.7 Å². The van der Waals surface area contributed by atoms with Crippen molar-refractivity contribution >= 4 is 23.0 Å². The molecule has 0 aromatic heterocycles. The lowest BCUT2D eigenvalue weighted by atomic mass is 10.1. The van der Waals surface area contributed by atoms with Gasteiger partial charge in [0.25, 0.3) is 0 Å². The van der Waals surface area contributed by atoms with Crippen LogP contribution >= 0.6 is 11.6 Å². The van der Waals surface area contributed by atoms with E-state index in [0.29, 0.717) is 33.3 Å². The van der Waals surface area contributed by atoms with Gasteiger partial charge in [-0.25, -0.2) is 0 Å². The van der Waals surface area contributed by atoms with Crippen LogP contribution in [-0.4, -0.2) is 7.11 Å². The number of para-hydroxylation sites is 1. The Bertz CT molecular complexity index is 729. The molecule has 0 saturated carbocycles. The summed E-state index contributed by atoms with van der Waals surface area (Å²) < 4.78 is 5.23.